The molecule has 0 unspecified atom stereocenters. The van der Waals surface area contributed by atoms with Crippen molar-refractivity contribution < 1.29 is 14.3 Å². The van der Waals surface area contributed by atoms with Crippen LogP contribution >= 0.6 is 22.6 Å². The molecule has 0 N–H and O–H groups in total. The number of benzene rings is 1. The molecule has 1 heterocycles. The van der Waals surface area contributed by atoms with E-state index in [4.69, 9.17) is 9.47 Å². The molecule has 3 aliphatic rings. The van der Waals surface area contributed by atoms with Crippen LogP contribution in [0.25, 0.3) is 5.57 Å². The summed E-state index contributed by atoms with van der Waals surface area (Å²) in [6.07, 6.45) is 3.30. The van der Waals surface area contributed by atoms with Crippen LogP contribution in [0, 0.1) is 5.92 Å². The van der Waals surface area contributed by atoms with Crippen molar-refractivity contribution in [2.24, 2.45) is 5.92 Å². The fourth-order valence-corrected chi connectivity index (χ4v) is 5.10. The first kappa shape index (κ1) is 12.7. The zero-order valence-electron chi connectivity index (χ0n) is 11.0. The topological polar surface area (TPSA) is 35.5 Å². The van der Waals surface area contributed by atoms with Crippen LogP contribution in [0.3, 0.4) is 0 Å². The second-order valence-electron chi connectivity index (χ2n) is 5.75. The first-order chi connectivity index (χ1) is 9.71. The number of rotatable bonds is 1. The minimum Gasteiger partial charge on any atom is -0.426 e. The maximum Gasteiger partial charge on any atom is 0.509 e. The lowest BCUT2D eigenvalue weighted by Gasteiger charge is -2.38. The monoisotopic (exact) mass is 382 g/mol. The molecule has 1 aliphatic heterocycles. The largest absolute Gasteiger partial charge is 0.509 e. The second-order valence-corrected chi connectivity index (χ2v) is 7.05. The molecule has 1 aromatic rings. The number of hydrogen-bond donors (Lipinski definition) is 0. The molecule has 4 heteroatoms. The van der Waals surface area contributed by atoms with Gasteiger partial charge in [-0.3, -0.25) is 0 Å². The molecule has 1 spiro atoms. The van der Waals surface area contributed by atoms with Gasteiger partial charge in [0.2, 0.25) is 0 Å². The Bertz CT molecular complexity index is 595. The highest BCUT2D eigenvalue weighted by molar-refractivity contribution is 14.1. The molecule has 1 saturated heterocycles. The standard InChI is InChI=1S/C16H15IO3/c17-12-9-13-16(20-15(18)19-13)8-4-7-11(16)14(12)10-5-2-1-3-6-10/h1-3,5-6,11,13H,4,7-9H2/t11-,13-,16+/m1/s1. The molecular formula is C16H15IO3. The van der Waals surface area contributed by atoms with Gasteiger partial charge in [0.15, 0.2) is 11.7 Å². The molecule has 1 saturated carbocycles. The van der Waals surface area contributed by atoms with Crippen LogP contribution in [0.15, 0.2) is 33.9 Å². The van der Waals surface area contributed by atoms with E-state index in [1.807, 2.05) is 6.07 Å². The van der Waals surface area contributed by atoms with Crippen LogP contribution in [0.1, 0.15) is 31.2 Å². The maximum atomic E-state index is 11.6. The van der Waals surface area contributed by atoms with Gasteiger partial charge in [-0.1, -0.05) is 30.3 Å². The van der Waals surface area contributed by atoms with Gasteiger partial charge in [-0.2, -0.15) is 0 Å². The van der Waals surface area contributed by atoms with E-state index in [9.17, 15) is 4.79 Å². The molecule has 1 aromatic carbocycles. The van der Waals surface area contributed by atoms with Crippen LogP contribution < -0.4 is 0 Å². The van der Waals surface area contributed by atoms with Crippen LogP contribution in [0.4, 0.5) is 4.79 Å². The van der Waals surface area contributed by atoms with Gasteiger partial charge in [0.25, 0.3) is 0 Å². The average molecular weight is 382 g/mol. The molecule has 3 atom stereocenters. The summed E-state index contributed by atoms with van der Waals surface area (Å²) in [5.74, 6) is 0.280. The first-order valence-electron chi connectivity index (χ1n) is 7.04. The van der Waals surface area contributed by atoms with Crippen molar-refractivity contribution in [2.45, 2.75) is 37.4 Å². The molecule has 20 heavy (non-hydrogen) atoms. The van der Waals surface area contributed by atoms with Crippen molar-refractivity contribution in [1.82, 2.24) is 0 Å². The Hall–Kier alpha value is -1.04. The quantitative estimate of drug-likeness (QED) is 0.537. The molecule has 2 fully saturated rings. The third-order valence-corrected chi connectivity index (χ3v) is 5.82. The van der Waals surface area contributed by atoms with Crippen molar-refractivity contribution >= 4 is 34.3 Å². The Morgan fingerprint density at radius 1 is 1.25 bits per heavy atom. The Labute approximate surface area is 131 Å². The first-order valence-corrected chi connectivity index (χ1v) is 8.12. The van der Waals surface area contributed by atoms with Crippen molar-refractivity contribution in [2.75, 3.05) is 0 Å². The van der Waals surface area contributed by atoms with Gasteiger partial charge >= 0.3 is 6.16 Å². The molecule has 104 valence electrons. The van der Waals surface area contributed by atoms with E-state index in [0.717, 1.165) is 25.7 Å². The highest BCUT2D eigenvalue weighted by Gasteiger charge is 2.61. The van der Waals surface area contributed by atoms with Gasteiger partial charge in [-0.25, -0.2) is 4.79 Å². The van der Waals surface area contributed by atoms with E-state index in [1.54, 1.807) is 0 Å². The summed E-state index contributed by atoms with van der Waals surface area (Å²) in [6.45, 7) is 0. The van der Waals surface area contributed by atoms with Gasteiger partial charge in [0.1, 0.15) is 0 Å². The molecule has 0 bridgehead atoms. The van der Waals surface area contributed by atoms with Gasteiger partial charge in [-0.05, 0) is 56.6 Å². The Morgan fingerprint density at radius 2 is 2.05 bits per heavy atom. The number of carbonyl (C=O) groups excluding carboxylic acids is 1. The molecular weight excluding hydrogens is 367 g/mol. The number of halogens is 1. The van der Waals surface area contributed by atoms with Crippen LogP contribution in [0.2, 0.25) is 0 Å². The van der Waals surface area contributed by atoms with Crippen molar-refractivity contribution in [1.29, 1.82) is 0 Å². The van der Waals surface area contributed by atoms with Gasteiger partial charge < -0.3 is 9.47 Å². The average Bonchev–Trinajstić information content (AvgIpc) is 2.98. The van der Waals surface area contributed by atoms with Crippen molar-refractivity contribution in [3.8, 4) is 0 Å². The fourth-order valence-electron chi connectivity index (χ4n) is 4.01. The van der Waals surface area contributed by atoms with E-state index in [1.165, 1.54) is 14.7 Å². The number of ether oxygens (including phenoxy) is 2. The zero-order chi connectivity index (χ0) is 13.7. The predicted octanol–water partition coefficient (Wildman–Crippen LogP) is 4.31. The molecule has 3 nitrogen and oxygen atoms in total. The van der Waals surface area contributed by atoms with Crippen molar-refractivity contribution in [3.63, 3.8) is 0 Å². The summed E-state index contributed by atoms with van der Waals surface area (Å²) in [5, 5.41) is 0. The molecule has 4 rings (SSSR count). The molecule has 2 aliphatic carbocycles. The van der Waals surface area contributed by atoms with E-state index < -0.39 is 11.8 Å². The second kappa shape index (κ2) is 4.48. The predicted molar refractivity (Wildman–Crippen MR) is 83.4 cm³/mol. The van der Waals surface area contributed by atoms with E-state index in [2.05, 4.69) is 46.9 Å². The summed E-state index contributed by atoms with van der Waals surface area (Å²) < 4.78 is 12.4. The van der Waals surface area contributed by atoms with Crippen LogP contribution in [-0.2, 0) is 9.47 Å². The Kier molecular flexibility index (Phi) is 2.84. The minimum absolute atomic E-state index is 0.0955. The van der Waals surface area contributed by atoms with E-state index >= 15 is 0 Å². The van der Waals surface area contributed by atoms with E-state index in [0.29, 0.717) is 0 Å². The van der Waals surface area contributed by atoms with Gasteiger partial charge in [0.05, 0.1) is 0 Å². The molecule has 0 aromatic heterocycles. The Balaban J connectivity index is 1.84. The normalized spacial score (nSPS) is 35.4. The van der Waals surface area contributed by atoms with Gasteiger partial charge in [0, 0.05) is 12.3 Å². The summed E-state index contributed by atoms with van der Waals surface area (Å²) in [6, 6.07) is 10.5. The summed E-state index contributed by atoms with van der Waals surface area (Å²) in [7, 11) is 0. The van der Waals surface area contributed by atoms with Crippen LogP contribution in [0.5, 0.6) is 0 Å². The summed E-state index contributed by atoms with van der Waals surface area (Å²) in [4.78, 5) is 11.6. The fraction of sp³-hybridized carbons (Fsp3) is 0.438. The SMILES string of the molecule is O=C1O[C@@H]2CC(I)=C(c3ccccc3)[C@H]3CCC[C@]32O1. The molecule has 0 radical (unpaired) electrons. The number of hydrogen-bond acceptors (Lipinski definition) is 3. The minimum atomic E-state index is -0.486. The molecule has 0 amide bonds. The van der Waals surface area contributed by atoms with E-state index in [-0.39, 0.29) is 12.0 Å². The third-order valence-electron chi connectivity index (χ3n) is 4.80. The highest BCUT2D eigenvalue weighted by atomic mass is 127. The number of carbonyl (C=O) groups is 1. The van der Waals surface area contributed by atoms with Gasteiger partial charge in [-0.15, -0.1) is 0 Å². The summed E-state index contributed by atoms with van der Waals surface area (Å²) >= 11 is 2.41. The Morgan fingerprint density at radius 3 is 2.85 bits per heavy atom. The summed E-state index contributed by atoms with van der Waals surface area (Å²) in [5.41, 5.74) is 2.21. The third kappa shape index (κ3) is 1.66. The lowest BCUT2D eigenvalue weighted by Crippen LogP contribution is -2.46. The van der Waals surface area contributed by atoms with Crippen LogP contribution in [-0.4, -0.2) is 17.9 Å². The zero-order valence-corrected chi connectivity index (χ0v) is 13.1. The smallest absolute Gasteiger partial charge is 0.426 e. The highest BCUT2D eigenvalue weighted by Crippen LogP contribution is 2.57. The van der Waals surface area contributed by atoms with Crippen molar-refractivity contribution in [3.05, 3.63) is 39.5 Å². The lowest BCUT2D eigenvalue weighted by molar-refractivity contribution is 0.00841. The lowest BCUT2D eigenvalue weighted by atomic mass is 9.73. The maximum absolute atomic E-state index is 11.6.